The molecule has 0 atom stereocenters. The molecule has 24 heavy (non-hydrogen) atoms. The molecule has 0 saturated carbocycles. The van der Waals surface area contributed by atoms with Gasteiger partial charge >= 0.3 is 0 Å². The Labute approximate surface area is 137 Å². The zero-order valence-electron chi connectivity index (χ0n) is 12.9. The van der Waals surface area contributed by atoms with Crippen molar-refractivity contribution in [2.24, 2.45) is 0 Å². The van der Waals surface area contributed by atoms with E-state index in [0.717, 1.165) is 17.5 Å². The Morgan fingerprint density at radius 2 is 1.29 bits per heavy atom. The summed E-state index contributed by atoms with van der Waals surface area (Å²) in [4.78, 5) is 0. The molecule has 0 aliphatic heterocycles. The molecule has 0 nitrogen and oxygen atoms in total. The van der Waals surface area contributed by atoms with Crippen molar-refractivity contribution in [1.82, 2.24) is 0 Å². The van der Waals surface area contributed by atoms with Gasteiger partial charge in [0.25, 0.3) is 0 Å². The van der Waals surface area contributed by atoms with Crippen molar-refractivity contribution in [3.8, 4) is 22.3 Å². The first-order chi connectivity index (χ1) is 11.5. The van der Waals surface area contributed by atoms with Gasteiger partial charge < -0.3 is 0 Å². The van der Waals surface area contributed by atoms with Gasteiger partial charge in [0.1, 0.15) is 0 Å². The zero-order valence-corrected chi connectivity index (χ0v) is 12.9. The highest BCUT2D eigenvalue weighted by Gasteiger charge is 2.21. The van der Waals surface area contributed by atoms with E-state index in [4.69, 9.17) is 0 Å². The predicted molar refractivity (Wildman–Crippen MR) is 86.5 cm³/mol. The summed E-state index contributed by atoms with van der Waals surface area (Å²) < 4.78 is 54.5. The van der Waals surface area contributed by atoms with Gasteiger partial charge in [-0.3, -0.25) is 0 Å². The fourth-order valence-electron chi connectivity index (χ4n) is 2.66. The van der Waals surface area contributed by atoms with Gasteiger partial charge in [-0.05, 0) is 34.7 Å². The average Bonchev–Trinajstić information content (AvgIpc) is 2.63. The van der Waals surface area contributed by atoms with Gasteiger partial charge in [0.15, 0.2) is 23.3 Å². The van der Waals surface area contributed by atoms with Crippen LogP contribution in [0.25, 0.3) is 22.3 Å². The summed E-state index contributed by atoms with van der Waals surface area (Å²) in [6.45, 7) is 2.03. The van der Waals surface area contributed by atoms with E-state index in [1.165, 1.54) is 0 Å². The van der Waals surface area contributed by atoms with Crippen molar-refractivity contribution < 1.29 is 17.6 Å². The van der Waals surface area contributed by atoms with Crippen LogP contribution in [0.4, 0.5) is 17.6 Å². The molecule has 0 heterocycles. The van der Waals surface area contributed by atoms with E-state index in [1.54, 1.807) is 24.3 Å². The highest BCUT2D eigenvalue weighted by atomic mass is 19.2. The molecule has 0 unspecified atom stereocenters. The number of rotatable bonds is 3. The molecule has 0 fully saturated rings. The van der Waals surface area contributed by atoms with Crippen molar-refractivity contribution in [2.75, 3.05) is 0 Å². The number of benzene rings is 3. The Morgan fingerprint density at radius 3 is 1.92 bits per heavy atom. The molecule has 0 aliphatic carbocycles. The first-order valence-corrected chi connectivity index (χ1v) is 7.54. The van der Waals surface area contributed by atoms with Crippen molar-refractivity contribution in [1.29, 1.82) is 0 Å². The molecule has 3 aromatic carbocycles. The SMILES string of the molecule is CCc1ccc(-c2ccccc2-c2cc(F)c(F)c(F)c2F)cc1. The van der Waals surface area contributed by atoms with Gasteiger partial charge in [-0.25, -0.2) is 17.6 Å². The smallest absolute Gasteiger partial charge is 0.198 e. The second kappa shape index (κ2) is 6.48. The lowest BCUT2D eigenvalue weighted by atomic mass is 9.93. The first-order valence-electron chi connectivity index (χ1n) is 7.54. The number of aryl methyl sites for hydroxylation is 1. The minimum atomic E-state index is -1.80. The van der Waals surface area contributed by atoms with Crippen LogP contribution in [0.15, 0.2) is 54.6 Å². The number of hydrogen-bond acceptors (Lipinski definition) is 0. The van der Waals surface area contributed by atoms with Gasteiger partial charge in [-0.15, -0.1) is 0 Å². The summed E-state index contributed by atoms with van der Waals surface area (Å²) in [6, 6.07) is 15.0. The summed E-state index contributed by atoms with van der Waals surface area (Å²) in [5, 5.41) is 0. The Kier molecular flexibility index (Phi) is 4.38. The molecule has 0 aliphatic rings. The third-order valence-corrected chi connectivity index (χ3v) is 3.99. The molecule has 122 valence electrons. The van der Waals surface area contributed by atoms with E-state index >= 15 is 0 Å². The Bertz CT molecular complexity index is 883. The van der Waals surface area contributed by atoms with E-state index < -0.39 is 23.3 Å². The maximum absolute atomic E-state index is 14.2. The Morgan fingerprint density at radius 1 is 0.667 bits per heavy atom. The van der Waals surface area contributed by atoms with E-state index in [9.17, 15) is 17.6 Å². The molecule has 0 aromatic heterocycles. The molecule has 0 radical (unpaired) electrons. The number of halogens is 4. The topological polar surface area (TPSA) is 0 Å². The second-order valence-corrected chi connectivity index (χ2v) is 5.44. The standard InChI is InChI=1S/C20H14F4/c1-2-12-7-9-13(10-8-12)14-5-3-4-6-15(14)16-11-17(21)19(23)20(24)18(16)22/h3-11H,2H2,1H3. The van der Waals surface area contributed by atoms with Gasteiger partial charge in [0.05, 0.1) is 0 Å². The molecule has 3 aromatic rings. The zero-order chi connectivity index (χ0) is 17.3. The first kappa shape index (κ1) is 16.2. The predicted octanol–water partition coefficient (Wildman–Crippen LogP) is 6.14. The van der Waals surface area contributed by atoms with Crippen molar-refractivity contribution in [3.05, 3.63) is 83.4 Å². The van der Waals surface area contributed by atoms with Crippen LogP contribution in [0.3, 0.4) is 0 Å². The third-order valence-electron chi connectivity index (χ3n) is 3.99. The minimum Gasteiger partial charge on any atom is -0.204 e. The van der Waals surface area contributed by atoms with Crippen LogP contribution in [0.2, 0.25) is 0 Å². The normalized spacial score (nSPS) is 10.9. The maximum Gasteiger partial charge on any atom is 0.198 e. The monoisotopic (exact) mass is 330 g/mol. The van der Waals surface area contributed by atoms with E-state index in [-0.39, 0.29) is 5.56 Å². The van der Waals surface area contributed by atoms with Crippen LogP contribution in [0.1, 0.15) is 12.5 Å². The highest BCUT2D eigenvalue weighted by molar-refractivity contribution is 5.83. The van der Waals surface area contributed by atoms with Gasteiger partial charge in [0.2, 0.25) is 0 Å². The summed E-state index contributed by atoms with van der Waals surface area (Å²) in [7, 11) is 0. The lowest BCUT2D eigenvalue weighted by Gasteiger charge is -2.12. The molecule has 0 saturated heterocycles. The van der Waals surface area contributed by atoms with Crippen LogP contribution in [-0.2, 0) is 6.42 Å². The second-order valence-electron chi connectivity index (χ2n) is 5.44. The summed E-state index contributed by atoms with van der Waals surface area (Å²) in [5.74, 6) is -6.42. The molecular weight excluding hydrogens is 316 g/mol. The van der Waals surface area contributed by atoms with E-state index in [1.807, 2.05) is 31.2 Å². The fourth-order valence-corrected chi connectivity index (χ4v) is 2.66. The summed E-state index contributed by atoms with van der Waals surface area (Å²) in [5.41, 5.74) is 2.54. The largest absolute Gasteiger partial charge is 0.204 e. The van der Waals surface area contributed by atoms with Gasteiger partial charge in [-0.1, -0.05) is 55.5 Å². The number of hydrogen-bond donors (Lipinski definition) is 0. The fraction of sp³-hybridized carbons (Fsp3) is 0.100. The summed E-state index contributed by atoms with van der Waals surface area (Å²) >= 11 is 0. The molecule has 0 bridgehead atoms. The van der Waals surface area contributed by atoms with Crippen LogP contribution in [0, 0.1) is 23.3 Å². The van der Waals surface area contributed by atoms with E-state index in [0.29, 0.717) is 17.2 Å². The average molecular weight is 330 g/mol. The van der Waals surface area contributed by atoms with Crippen LogP contribution in [0.5, 0.6) is 0 Å². The van der Waals surface area contributed by atoms with Crippen molar-refractivity contribution in [2.45, 2.75) is 13.3 Å². The van der Waals surface area contributed by atoms with Crippen LogP contribution < -0.4 is 0 Å². The van der Waals surface area contributed by atoms with Crippen molar-refractivity contribution in [3.63, 3.8) is 0 Å². The molecule has 3 rings (SSSR count). The van der Waals surface area contributed by atoms with E-state index in [2.05, 4.69) is 0 Å². The lowest BCUT2D eigenvalue weighted by molar-refractivity contribution is 0.411. The maximum atomic E-state index is 14.2. The van der Waals surface area contributed by atoms with Crippen LogP contribution >= 0.6 is 0 Å². The molecular formula is C20H14F4. The molecule has 0 N–H and O–H groups in total. The summed E-state index contributed by atoms with van der Waals surface area (Å²) in [6.07, 6.45) is 0.880. The molecule has 0 amide bonds. The van der Waals surface area contributed by atoms with Gasteiger partial charge in [0, 0.05) is 5.56 Å². The Balaban J connectivity index is 2.20. The molecule has 4 heteroatoms. The quantitative estimate of drug-likeness (QED) is 0.307. The Hall–Kier alpha value is -2.62. The highest BCUT2D eigenvalue weighted by Crippen LogP contribution is 2.35. The van der Waals surface area contributed by atoms with Gasteiger partial charge in [-0.2, -0.15) is 0 Å². The molecule has 0 spiro atoms. The van der Waals surface area contributed by atoms with Crippen LogP contribution in [-0.4, -0.2) is 0 Å². The third kappa shape index (κ3) is 2.80. The van der Waals surface area contributed by atoms with Crippen molar-refractivity contribution >= 4 is 0 Å². The lowest BCUT2D eigenvalue weighted by Crippen LogP contribution is -1.99. The minimum absolute atomic E-state index is 0.303.